The number of non-ortho nitro benzene ring substituents is 1. The van der Waals surface area contributed by atoms with Gasteiger partial charge in [-0.2, -0.15) is 13.2 Å². The van der Waals surface area contributed by atoms with Gasteiger partial charge in [0.1, 0.15) is 6.04 Å². The number of nitro groups is 1. The van der Waals surface area contributed by atoms with Crippen LogP contribution in [-0.4, -0.2) is 17.1 Å². The Morgan fingerprint density at radius 1 is 1.44 bits per heavy atom. The summed E-state index contributed by atoms with van der Waals surface area (Å²) in [5, 5.41) is 10.4. The summed E-state index contributed by atoms with van der Waals surface area (Å²) in [6, 6.07) is 3.00. The van der Waals surface area contributed by atoms with Crippen molar-refractivity contribution in [2.24, 2.45) is 5.73 Å². The molecule has 0 unspecified atom stereocenters. The van der Waals surface area contributed by atoms with Crippen LogP contribution in [-0.2, 0) is 6.42 Å². The minimum atomic E-state index is -4.50. The van der Waals surface area contributed by atoms with Gasteiger partial charge in [-0.15, -0.1) is 0 Å². The summed E-state index contributed by atoms with van der Waals surface area (Å²) in [5.41, 5.74) is 4.86. The van der Waals surface area contributed by atoms with Crippen molar-refractivity contribution in [2.75, 3.05) is 0 Å². The molecule has 16 heavy (non-hydrogen) atoms. The maximum atomic E-state index is 12.1. The molecule has 0 radical (unpaired) electrons. The summed E-state index contributed by atoms with van der Waals surface area (Å²) in [6.07, 6.45) is -4.96. The second kappa shape index (κ2) is 4.48. The zero-order chi connectivity index (χ0) is 12.3. The van der Waals surface area contributed by atoms with Gasteiger partial charge in [0.05, 0.1) is 4.92 Å². The molecule has 1 aromatic carbocycles. The average molecular weight is 234 g/mol. The lowest BCUT2D eigenvalue weighted by molar-refractivity contribution is -0.384. The van der Waals surface area contributed by atoms with Gasteiger partial charge < -0.3 is 5.73 Å². The Morgan fingerprint density at radius 2 is 2.06 bits per heavy atom. The summed E-state index contributed by atoms with van der Waals surface area (Å²) >= 11 is 0. The molecule has 1 aromatic rings. The summed E-state index contributed by atoms with van der Waals surface area (Å²) in [6.45, 7) is 0. The van der Waals surface area contributed by atoms with Crippen molar-refractivity contribution in [3.63, 3.8) is 0 Å². The van der Waals surface area contributed by atoms with Gasteiger partial charge in [-0.3, -0.25) is 10.1 Å². The smallest absolute Gasteiger partial charge is 0.320 e. The van der Waals surface area contributed by atoms with Crippen molar-refractivity contribution in [2.45, 2.75) is 18.6 Å². The Kier molecular flexibility index (Phi) is 3.48. The van der Waals surface area contributed by atoms with Crippen LogP contribution in [0, 0.1) is 10.1 Å². The standard InChI is InChI=1S/C9H9F3N2O2/c10-9(11,12)8(13)5-6-2-1-3-7(4-6)14(15)16/h1-4,8H,5,13H2/t8-/m0/s1. The van der Waals surface area contributed by atoms with Gasteiger partial charge in [0.15, 0.2) is 0 Å². The van der Waals surface area contributed by atoms with Gasteiger partial charge in [-0.1, -0.05) is 12.1 Å². The fourth-order valence-electron chi connectivity index (χ4n) is 1.17. The molecular formula is C9H9F3N2O2. The van der Waals surface area contributed by atoms with Gasteiger partial charge >= 0.3 is 6.18 Å². The number of benzene rings is 1. The molecule has 0 amide bonds. The normalized spacial score (nSPS) is 13.5. The van der Waals surface area contributed by atoms with Crippen LogP contribution in [0.2, 0.25) is 0 Å². The number of nitro benzene ring substituents is 1. The van der Waals surface area contributed by atoms with E-state index in [4.69, 9.17) is 5.73 Å². The average Bonchev–Trinajstić information content (AvgIpc) is 2.16. The van der Waals surface area contributed by atoms with Crippen LogP contribution < -0.4 is 5.73 Å². The van der Waals surface area contributed by atoms with E-state index in [-0.39, 0.29) is 11.3 Å². The van der Waals surface area contributed by atoms with E-state index in [0.717, 1.165) is 6.07 Å². The Morgan fingerprint density at radius 3 is 2.56 bits per heavy atom. The first-order chi connectivity index (χ1) is 7.30. The molecule has 1 rings (SSSR count). The van der Waals surface area contributed by atoms with E-state index in [9.17, 15) is 23.3 Å². The van der Waals surface area contributed by atoms with Crippen molar-refractivity contribution in [1.82, 2.24) is 0 Å². The van der Waals surface area contributed by atoms with Gasteiger partial charge in [0.25, 0.3) is 5.69 Å². The largest absolute Gasteiger partial charge is 0.403 e. The summed E-state index contributed by atoms with van der Waals surface area (Å²) < 4.78 is 36.4. The molecule has 0 aromatic heterocycles. The second-order valence-electron chi connectivity index (χ2n) is 3.28. The third kappa shape index (κ3) is 3.20. The van der Waals surface area contributed by atoms with E-state index in [1.54, 1.807) is 0 Å². The van der Waals surface area contributed by atoms with E-state index in [1.165, 1.54) is 18.2 Å². The van der Waals surface area contributed by atoms with Crippen molar-refractivity contribution < 1.29 is 18.1 Å². The molecule has 88 valence electrons. The number of halogens is 3. The monoisotopic (exact) mass is 234 g/mol. The van der Waals surface area contributed by atoms with Crippen LogP contribution in [0.4, 0.5) is 18.9 Å². The van der Waals surface area contributed by atoms with Crippen molar-refractivity contribution in [3.8, 4) is 0 Å². The zero-order valence-electron chi connectivity index (χ0n) is 8.07. The van der Waals surface area contributed by atoms with Gasteiger partial charge in [-0.25, -0.2) is 0 Å². The predicted octanol–water partition coefficient (Wildman–Crippen LogP) is 2.03. The maximum absolute atomic E-state index is 12.1. The van der Waals surface area contributed by atoms with E-state index < -0.39 is 23.6 Å². The van der Waals surface area contributed by atoms with Crippen molar-refractivity contribution >= 4 is 5.69 Å². The number of rotatable bonds is 3. The molecule has 4 nitrogen and oxygen atoms in total. The molecule has 0 aliphatic heterocycles. The topological polar surface area (TPSA) is 69.2 Å². The molecule has 0 saturated carbocycles. The predicted molar refractivity (Wildman–Crippen MR) is 50.8 cm³/mol. The van der Waals surface area contributed by atoms with Crippen molar-refractivity contribution in [1.29, 1.82) is 0 Å². The van der Waals surface area contributed by atoms with Crippen LogP contribution in [0.5, 0.6) is 0 Å². The maximum Gasteiger partial charge on any atom is 0.403 e. The molecule has 0 saturated heterocycles. The van der Waals surface area contributed by atoms with Crippen LogP contribution in [0.3, 0.4) is 0 Å². The number of hydrogen-bond acceptors (Lipinski definition) is 3. The van der Waals surface area contributed by atoms with E-state index in [0.29, 0.717) is 0 Å². The lowest BCUT2D eigenvalue weighted by Gasteiger charge is -2.15. The fourth-order valence-corrected chi connectivity index (χ4v) is 1.17. The first-order valence-electron chi connectivity index (χ1n) is 4.36. The number of hydrogen-bond donors (Lipinski definition) is 1. The van der Waals surface area contributed by atoms with Crippen LogP contribution in [0.1, 0.15) is 5.56 Å². The molecule has 0 heterocycles. The number of nitrogens with zero attached hydrogens (tertiary/aromatic N) is 1. The molecular weight excluding hydrogens is 225 g/mol. The third-order valence-corrected chi connectivity index (χ3v) is 2.00. The molecule has 0 spiro atoms. The van der Waals surface area contributed by atoms with Crippen LogP contribution in [0.15, 0.2) is 24.3 Å². The first kappa shape index (κ1) is 12.4. The Hall–Kier alpha value is -1.63. The minimum absolute atomic E-state index is 0.194. The quantitative estimate of drug-likeness (QED) is 0.642. The Bertz CT molecular complexity index is 393. The van der Waals surface area contributed by atoms with Crippen LogP contribution >= 0.6 is 0 Å². The summed E-state index contributed by atoms with van der Waals surface area (Å²) in [4.78, 5) is 9.72. The molecule has 0 fully saturated rings. The van der Waals surface area contributed by atoms with Crippen LogP contribution in [0.25, 0.3) is 0 Å². The number of nitrogens with two attached hydrogens (primary N) is 1. The molecule has 7 heteroatoms. The highest BCUT2D eigenvalue weighted by molar-refractivity contribution is 5.34. The summed E-state index contributed by atoms with van der Waals surface area (Å²) in [7, 11) is 0. The lowest BCUT2D eigenvalue weighted by Crippen LogP contribution is -2.39. The van der Waals surface area contributed by atoms with Gasteiger partial charge in [-0.05, 0) is 12.0 Å². The molecule has 1 atom stereocenters. The second-order valence-corrected chi connectivity index (χ2v) is 3.28. The fraction of sp³-hybridized carbons (Fsp3) is 0.333. The SMILES string of the molecule is N[C@@H](Cc1cccc([N+](=O)[O-])c1)C(F)(F)F. The first-order valence-corrected chi connectivity index (χ1v) is 4.36. The Labute approximate surface area is 89.0 Å². The molecule has 0 bridgehead atoms. The highest BCUT2D eigenvalue weighted by Gasteiger charge is 2.36. The van der Waals surface area contributed by atoms with E-state index in [2.05, 4.69) is 0 Å². The molecule has 0 aliphatic carbocycles. The van der Waals surface area contributed by atoms with Crippen molar-refractivity contribution in [3.05, 3.63) is 39.9 Å². The highest BCUT2D eigenvalue weighted by atomic mass is 19.4. The summed E-state index contributed by atoms with van der Waals surface area (Å²) in [5.74, 6) is 0. The molecule has 0 aliphatic rings. The number of alkyl halides is 3. The van der Waals surface area contributed by atoms with Gasteiger partial charge in [0.2, 0.25) is 0 Å². The Balaban J connectivity index is 2.82. The lowest BCUT2D eigenvalue weighted by atomic mass is 10.1. The highest BCUT2D eigenvalue weighted by Crippen LogP contribution is 2.22. The molecule has 2 N–H and O–H groups in total. The van der Waals surface area contributed by atoms with Gasteiger partial charge in [0, 0.05) is 12.1 Å². The van der Waals surface area contributed by atoms with E-state index in [1.807, 2.05) is 0 Å². The minimum Gasteiger partial charge on any atom is -0.320 e. The zero-order valence-corrected chi connectivity index (χ0v) is 8.07. The van der Waals surface area contributed by atoms with E-state index >= 15 is 0 Å². The third-order valence-electron chi connectivity index (χ3n) is 2.00.